The van der Waals surface area contributed by atoms with Gasteiger partial charge in [0.15, 0.2) is 0 Å². The summed E-state index contributed by atoms with van der Waals surface area (Å²) in [6.07, 6.45) is 0.902. The molecule has 0 radical (unpaired) electrons. The van der Waals surface area contributed by atoms with Gasteiger partial charge in [-0.1, -0.05) is 13.0 Å². The Balaban J connectivity index is 2.20. The minimum absolute atomic E-state index is 0.0392. The van der Waals surface area contributed by atoms with Crippen molar-refractivity contribution >= 4 is 23.4 Å². The highest BCUT2D eigenvalue weighted by Gasteiger charge is 2.19. The number of nitrogens with one attached hydrogen (secondary N) is 1. The molecule has 1 heterocycles. The number of hydrogen-bond acceptors (Lipinski definition) is 4. The topological polar surface area (TPSA) is 81.1 Å². The van der Waals surface area contributed by atoms with E-state index in [4.69, 9.17) is 11.5 Å². The lowest BCUT2D eigenvalue weighted by Gasteiger charge is -2.22. The maximum absolute atomic E-state index is 11.4. The summed E-state index contributed by atoms with van der Waals surface area (Å²) in [6.45, 7) is 2.75. The Morgan fingerprint density at radius 1 is 1.50 bits per heavy atom. The number of rotatable bonds is 4. The fourth-order valence-corrected chi connectivity index (χ4v) is 2.87. The predicted octanol–water partition coefficient (Wildman–Crippen LogP) is 1.72. The van der Waals surface area contributed by atoms with Crippen molar-refractivity contribution < 1.29 is 4.79 Å². The van der Waals surface area contributed by atoms with E-state index < -0.39 is 0 Å². The zero-order valence-electron chi connectivity index (χ0n) is 10.5. The summed E-state index contributed by atoms with van der Waals surface area (Å²) in [6, 6.07) is 6.02. The molecule has 0 spiro atoms. The Hall–Kier alpha value is -1.04. The second kappa shape index (κ2) is 5.73. The predicted molar refractivity (Wildman–Crippen MR) is 75.6 cm³/mol. The van der Waals surface area contributed by atoms with E-state index in [1.165, 1.54) is 0 Å². The number of fused-ring (bicyclic) bond motifs is 1. The molecule has 0 saturated heterocycles. The Kier molecular flexibility index (Phi) is 4.27. The molecule has 0 bridgehead atoms. The van der Waals surface area contributed by atoms with E-state index in [0.717, 1.165) is 22.6 Å². The van der Waals surface area contributed by atoms with Crippen molar-refractivity contribution in [2.75, 3.05) is 17.6 Å². The van der Waals surface area contributed by atoms with Crippen LogP contribution in [0.25, 0.3) is 0 Å². The number of carbonyl (C=O) groups excluding carboxylic acids is 1. The van der Waals surface area contributed by atoms with Crippen molar-refractivity contribution in [2.45, 2.75) is 24.3 Å². The average molecular weight is 265 g/mol. The van der Waals surface area contributed by atoms with E-state index >= 15 is 0 Å². The summed E-state index contributed by atoms with van der Waals surface area (Å²) in [4.78, 5) is 12.5. The van der Waals surface area contributed by atoms with Crippen LogP contribution in [0.1, 0.15) is 24.9 Å². The van der Waals surface area contributed by atoms with Crippen LogP contribution in [0.2, 0.25) is 0 Å². The number of nitrogens with two attached hydrogens (primary N) is 2. The molecule has 2 unspecified atom stereocenters. The number of hydrogen-bond donors (Lipinski definition) is 3. The third-order valence-electron chi connectivity index (χ3n) is 3.26. The van der Waals surface area contributed by atoms with Gasteiger partial charge < -0.3 is 16.8 Å². The Morgan fingerprint density at radius 2 is 2.28 bits per heavy atom. The summed E-state index contributed by atoms with van der Waals surface area (Å²) >= 11 is 1.56. The van der Waals surface area contributed by atoms with Crippen molar-refractivity contribution in [3.05, 3.63) is 23.8 Å². The van der Waals surface area contributed by atoms with E-state index in [0.29, 0.717) is 18.2 Å². The van der Waals surface area contributed by atoms with Gasteiger partial charge >= 0.3 is 0 Å². The van der Waals surface area contributed by atoms with Gasteiger partial charge in [-0.05, 0) is 36.6 Å². The largest absolute Gasteiger partial charge is 0.330 e. The standard InChI is InChI=1S/C13H19N3OS/c1-8(4-5-14)13(15)9-2-3-11-10(6-9)16-12(17)7-18-11/h2-3,6,8,13H,4-5,7,14-15H2,1H3,(H,16,17). The molecule has 1 amide bonds. The van der Waals surface area contributed by atoms with Crippen LogP contribution in [0.3, 0.4) is 0 Å². The highest BCUT2D eigenvalue weighted by molar-refractivity contribution is 8.00. The molecule has 0 aliphatic carbocycles. The minimum atomic E-state index is -0.0392. The molecule has 2 rings (SSSR count). The third kappa shape index (κ3) is 2.85. The van der Waals surface area contributed by atoms with E-state index in [-0.39, 0.29) is 11.9 Å². The van der Waals surface area contributed by atoms with Crippen molar-refractivity contribution in [3.8, 4) is 0 Å². The van der Waals surface area contributed by atoms with E-state index in [1.54, 1.807) is 11.8 Å². The second-order valence-corrected chi connectivity index (χ2v) is 5.69. The number of amides is 1. The zero-order valence-corrected chi connectivity index (χ0v) is 11.3. The van der Waals surface area contributed by atoms with Gasteiger partial charge in [0, 0.05) is 10.9 Å². The molecule has 1 aliphatic heterocycles. The summed E-state index contributed by atoms with van der Waals surface area (Å²) < 4.78 is 0. The molecule has 1 aromatic rings. The smallest absolute Gasteiger partial charge is 0.234 e. The first kappa shape index (κ1) is 13.4. The molecule has 5 heteroatoms. The van der Waals surface area contributed by atoms with Crippen LogP contribution in [-0.4, -0.2) is 18.2 Å². The lowest BCUT2D eigenvalue weighted by Crippen LogP contribution is -2.23. The summed E-state index contributed by atoms with van der Waals surface area (Å²) in [5.74, 6) is 0.871. The van der Waals surface area contributed by atoms with Crippen LogP contribution < -0.4 is 16.8 Å². The SMILES string of the molecule is CC(CCN)C(N)c1ccc2c(c1)NC(=O)CS2. The number of anilines is 1. The van der Waals surface area contributed by atoms with Crippen LogP contribution in [0.15, 0.2) is 23.1 Å². The lowest BCUT2D eigenvalue weighted by molar-refractivity contribution is -0.113. The molecule has 5 N–H and O–H groups in total. The van der Waals surface area contributed by atoms with Gasteiger partial charge in [0.1, 0.15) is 0 Å². The third-order valence-corrected chi connectivity index (χ3v) is 4.33. The van der Waals surface area contributed by atoms with Gasteiger partial charge in [-0.15, -0.1) is 11.8 Å². The number of thioether (sulfide) groups is 1. The minimum Gasteiger partial charge on any atom is -0.330 e. The molecule has 0 saturated carbocycles. The Bertz CT molecular complexity index is 450. The van der Waals surface area contributed by atoms with Gasteiger partial charge in [0.2, 0.25) is 5.91 Å². The second-order valence-electron chi connectivity index (χ2n) is 4.67. The van der Waals surface area contributed by atoms with Gasteiger partial charge in [-0.3, -0.25) is 4.79 Å². The summed E-state index contributed by atoms with van der Waals surface area (Å²) in [7, 11) is 0. The monoisotopic (exact) mass is 265 g/mol. The molecule has 0 aromatic heterocycles. The van der Waals surface area contributed by atoms with Crippen LogP contribution in [0.4, 0.5) is 5.69 Å². The van der Waals surface area contributed by atoms with Crippen LogP contribution in [0, 0.1) is 5.92 Å². The van der Waals surface area contributed by atoms with E-state index in [2.05, 4.69) is 12.2 Å². The first-order valence-electron chi connectivity index (χ1n) is 6.14. The molecular weight excluding hydrogens is 246 g/mol. The normalized spacial score (nSPS) is 17.8. The molecule has 4 nitrogen and oxygen atoms in total. The van der Waals surface area contributed by atoms with Gasteiger partial charge in [0.05, 0.1) is 11.4 Å². The Morgan fingerprint density at radius 3 is 3.00 bits per heavy atom. The molecule has 1 aliphatic rings. The van der Waals surface area contributed by atoms with Gasteiger partial charge in [0.25, 0.3) is 0 Å². The molecule has 1 aromatic carbocycles. The summed E-state index contributed by atoms with van der Waals surface area (Å²) in [5.41, 5.74) is 13.7. The number of benzene rings is 1. The molecule has 98 valence electrons. The van der Waals surface area contributed by atoms with E-state index in [9.17, 15) is 4.79 Å². The quantitative estimate of drug-likeness (QED) is 0.774. The highest BCUT2D eigenvalue weighted by atomic mass is 32.2. The molecule has 0 fully saturated rings. The molecule has 18 heavy (non-hydrogen) atoms. The highest BCUT2D eigenvalue weighted by Crippen LogP contribution is 2.34. The van der Waals surface area contributed by atoms with Crippen LogP contribution in [0.5, 0.6) is 0 Å². The maximum atomic E-state index is 11.4. The molecular formula is C13H19N3OS. The zero-order chi connectivity index (χ0) is 13.1. The molecule has 2 atom stereocenters. The van der Waals surface area contributed by atoms with Crippen LogP contribution in [-0.2, 0) is 4.79 Å². The van der Waals surface area contributed by atoms with E-state index in [1.807, 2.05) is 18.2 Å². The van der Waals surface area contributed by atoms with Crippen LogP contribution >= 0.6 is 11.8 Å². The van der Waals surface area contributed by atoms with Gasteiger partial charge in [-0.25, -0.2) is 0 Å². The van der Waals surface area contributed by atoms with Crippen molar-refractivity contribution in [1.82, 2.24) is 0 Å². The first-order chi connectivity index (χ1) is 8.61. The van der Waals surface area contributed by atoms with Crippen molar-refractivity contribution in [3.63, 3.8) is 0 Å². The van der Waals surface area contributed by atoms with Crippen molar-refractivity contribution in [2.24, 2.45) is 17.4 Å². The van der Waals surface area contributed by atoms with Gasteiger partial charge in [-0.2, -0.15) is 0 Å². The fraction of sp³-hybridized carbons (Fsp3) is 0.462. The Labute approximate surface area is 111 Å². The fourth-order valence-electron chi connectivity index (χ4n) is 2.08. The first-order valence-corrected chi connectivity index (χ1v) is 7.12. The maximum Gasteiger partial charge on any atom is 0.234 e. The summed E-state index contributed by atoms with van der Waals surface area (Å²) in [5, 5.41) is 2.89. The average Bonchev–Trinajstić information content (AvgIpc) is 2.37. The lowest BCUT2D eigenvalue weighted by atomic mass is 9.92. The van der Waals surface area contributed by atoms with Crippen molar-refractivity contribution in [1.29, 1.82) is 0 Å². The number of carbonyl (C=O) groups is 1.